The molecule has 0 fully saturated rings. The highest BCUT2D eigenvalue weighted by Gasteiger charge is 2.31. The number of hydrogen-bond acceptors (Lipinski definition) is 2. The number of nitrogens with one attached hydrogen (secondary N) is 1. The van der Waals surface area contributed by atoms with Crippen molar-refractivity contribution in [2.75, 3.05) is 5.32 Å². The Morgan fingerprint density at radius 2 is 1.59 bits per heavy atom. The van der Waals surface area contributed by atoms with E-state index in [0.717, 1.165) is 48.1 Å². The zero-order chi connectivity index (χ0) is 27.2. The van der Waals surface area contributed by atoms with Crippen molar-refractivity contribution in [3.8, 4) is 5.75 Å². The first kappa shape index (κ1) is 26.4. The van der Waals surface area contributed by atoms with Crippen molar-refractivity contribution in [3.63, 3.8) is 0 Å². The molecule has 0 spiro atoms. The second kappa shape index (κ2) is 11.6. The standard InChI is InChI=1S/C32H29F3N2O2/c33-32(34,35)26-16-18-27(19-17-26)36-31(38)37(30-15-7-12-25-11-4-5-14-29(25)30)21-24-10-6-13-28(20-24)39-22-23-8-2-1-3-9-23/h1-6,8-11,13-14,16-20,30H,7,12,15,21-22H2,(H,36,38). The summed E-state index contributed by atoms with van der Waals surface area (Å²) in [7, 11) is 0. The number of ether oxygens (including phenoxy) is 1. The van der Waals surface area contributed by atoms with Crippen LogP contribution in [0, 0.1) is 0 Å². The highest BCUT2D eigenvalue weighted by Crippen LogP contribution is 2.36. The van der Waals surface area contributed by atoms with Gasteiger partial charge >= 0.3 is 12.2 Å². The molecule has 0 saturated heterocycles. The number of carbonyl (C=O) groups is 1. The summed E-state index contributed by atoms with van der Waals surface area (Å²) in [4.78, 5) is 15.4. The Hall–Kier alpha value is -4.26. The summed E-state index contributed by atoms with van der Waals surface area (Å²) in [5.74, 6) is 0.698. The molecule has 0 radical (unpaired) electrons. The molecular weight excluding hydrogens is 501 g/mol. The third-order valence-corrected chi connectivity index (χ3v) is 6.94. The zero-order valence-corrected chi connectivity index (χ0v) is 21.3. The lowest BCUT2D eigenvalue weighted by Gasteiger charge is -2.36. The lowest BCUT2D eigenvalue weighted by Crippen LogP contribution is -2.39. The molecule has 5 rings (SSSR count). The minimum Gasteiger partial charge on any atom is -0.489 e. The third kappa shape index (κ3) is 6.60. The van der Waals surface area contributed by atoms with Crippen LogP contribution in [0.5, 0.6) is 5.75 Å². The van der Waals surface area contributed by atoms with Gasteiger partial charge in [-0.25, -0.2) is 4.79 Å². The molecule has 1 N–H and O–H groups in total. The van der Waals surface area contributed by atoms with Gasteiger partial charge in [-0.05, 0) is 77.9 Å². The lowest BCUT2D eigenvalue weighted by atomic mass is 9.86. The second-order valence-corrected chi connectivity index (χ2v) is 9.66. The van der Waals surface area contributed by atoms with Gasteiger partial charge in [0, 0.05) is 12.2 Å². The van der Waals surface area contributed by atoms with Crippen LogP contribution in [0.1, 0.15) is 46.7 Å². The van der Waals surface area contributed by atoms with E-state index in [9.17, 15) is 18.0 Å². The predicted octanol–water partition coefficient (Wildman–Crippen LogP) is 8.40. The van der Waals surface area contributed by atoms with Crippen molar-refractivity contribution in [1.29, 1.82) is 0 Å². The molecule has 4 aromatic carbocycles. The van der Waals surface area contributed by atoms with Gasteiger partial charge in [-0.1, -0.05) is 66.7 Å². The van der Waals surface area contributed by atoms with Crippen molar-refractivity contribution in [1.82, 2.24) is 4.90 Å². The van der Waals surface area contributed by atoms with Gasteiger partial charge in [-0.15, -0.1) is 0 Å². The molecule has 4 aromatic rings. The Labute approximate surface area is 226 Å². The fourth-order valence-electron chi connectivity index (χ4n) is 4.98. The Kier molecular flexibility index (Phi) is 7.87. The minimum atomic E-state index is -4.44. The highest BCUT2D eigenvalue weighted by atomic mass is 19.4. The highest BCUT2D eigenvalue weighted by molar-refractivity contribution is 5.89. The van der Waals surface area contributed by atoms with Gasteiger partial charge in [0.2, 0.25) is 0 Å². The number of nitrogens with zero attached hydrogens (tertiary/aromatic N) is 1. The second-order valence-electron chi connectivity index (χ2n) is 9.66. The van der Waals surface area contributed by atoms with Crippen LogP contribution in [-0.2, 0) is 25.7 Å². The van der Waals surface area contributed by atoms with Crippen molar-refractivity contribution < 1.29 is 22.7 Å². The molecule has 0 heterocycles. The van der Waals surface area contributed by atoms with Crippen molar-refractivity contribution >= 4 is 11.7 Å². The largest absolute Gasteiger partial charge is 0.489 e. The van der Waals surface area contributed by atoms with E-state index in [2.05, 4.69) is 17.4 Å². The fraction of sp³-hybridized carbons (Fsp3) is 0.219. The van der Waals surface area contributed by atoms with Gasteiger partial charge in [0.05, 0.1) is 11.6 Å². The Morgan fingerprint density at radius 3 is 2.36 bits per heavy atom. The number of alkyl halides is 3. The van der Waals surface area contributed by atoms with Crippen molar-refractivity contribution in [2.45, 2.75) is 44.6 Å². The molecule has 1 aliphatic rings. The van der Waals surface area contributed by atoms with Crippen LogP contribution in [0.2, 0.25) is 0 Å². The Bertz CT molecular complexity index is 1410. The predicted molar refractivity (Wildman–Crippen MR) is 145 cm³/mol. The summed E-state index contributed by atoms with van der Waals surface area (Å²) in [6, 6.07) is 29.6. The molecule has 1 unspecified atom stereocenters. The van der Waals surface area contributed by atoms with Crippen LogP contribution in [0.4, 0.5) is 23.7 Å². The zero-order valence-electron chi connectivity index (χ0n) is 21.3. The number of benzene rings is 4. The van der Waals surface area contributed by atoms with Crippen LogP contribution >= 0.6 is 0 Å². The summed E-state index contributed by atoms with van der Waals surface area (Å²) in [5, 5.41) is 2.82. The quantitative estimate of drug-likeness (QED) is 0.261. The van der Waals surface area contributed by atoms with E-state index in [1.807, 2.05) is 66.7 Å². The molecule has 1 atom stereocenters. The third-order valence-electron chi connectivity index (χ3n) is 6.94. The van der Waals surface area contributed by atoms with Gasteiger partial charge in [0.15, 0.2) is 0 Å². The summed E-state index contributed by atoms with van der Waals surface area (Å²) in [5.41, 5.74) is 3.81. The molecular formula is C32H29F3N2O2. The van der Waals surface area contributed by atoms with Crippen molar-refractivity contribution in [3.05, 3.63) is 131 Å². The molecule has 4 nitrogen and oxygen atoms in total. The molecule has 200 valence electrons. The minimum absolute atomic E-state index is 0.168. The molecule has 39 heavy (non-hydrogen) atoms. The molecule has 2 amide bonds. The molecule has 0 aromatic heterocycles. The number of fused-ring (bicyclic) bond motifs is 1. The lowest BCUT2D eigenvalue weighted by molar-refractivity contribution is -0.137. The average molecular weight is 531 g/mol. The van der Waals surface area contributed by atoms with E-state index in [-0.39, 0.29) is 12.1 Å². The van der Waals surface area contributed by atoms with E-state index in [4.69, 9.17) is 4.74 Å². The van der Waals surface area contributed by atoms with E-state index in [1.165, 1.54) is 17.7 Å². The van der Waals surface area contributed by atoms with Gasteiger partial charge in [-0.3, -0.25) is 0 Å². The van der Waals surface area contributed by atoms with Crippen LogP contribution in [0.3, 0.4) is 0 Å². The first-order valence-corrected chi connectivity index (χ1v) is 13.0. The SMILES string of the molecule is O=C(Nc1ccc(C(F)(F)F)cc1)N(Cc1cccc(OCc2ccccc2)c1)C1CCCc2ccccc21. The molecule has 0 bridgehead atoms. The number of hydrogen-bond donors (Lipinski definition) is 1. The van der Waals surface area contributed by atoms with Gasteiger partial charge in [0.25, 0.3) is 0 Å². The summed E-state index contributed by atoms with van der Waals surface area (Å²) in [6.45, 7) is 0.742. The van der Waals surface area contributed by atoms with Gasteiger partial charge in [-0.2, -0.15) is 13.2 Å². The maximum Gasteiger partial charge on any atom is 0.416 e. The number of amides is 2. The van der Waals surface area contributed by atoms with Gasteiger partial charge < -0.3 is 15.0 Å². The molecule has 7 heteroatoms. The normalized spacial score (nSPS) is 14.8. The smallest absolute Gasteiger partial charge is 0.416 e. The number of aryl methyl sites for hydroxylation is 1. The van der Waals surface area contributed by atoms with E-state index >= 15 is 0 Å². The summed E-state index contributed by atoms with van der Waals surface area (Å²) in [6.07, 6.45) is -1.76. The fourth-order valence-corrected chi connectivity index (χ4v) is 4.98. The molecule has 0 aliphatic heterocycles. The van der Waals surface area contributed by atoms with E-state index < -0.39 is 11.7 Å². The number of halogens is 3. The number of anilines is 1. The van der Waals surface area contributed by atoms with E-state index in [1.54, 1.807) is 4.90 Å². The first-order chi connectivity index (χ1) is 18.9. The summed E-state index contributed by atoms with van der Waals surface area (Å²) < 4.78 is 45.0. The van der Waals surface area contributed by atoms with Gasteiger partial charge in [0.1, 0.15) is 12.4 Å². The van der Waals surface area contributed by atoms with Crippen LogP contribution in [-0.4, -0.2) is 10.9 Å². The van der Waals surface area contributed by atoms with Crippen LogP contribution < -0.4 is 10.1 Å². The number of carbonyl (C=O) groups excluding carboxylic acids is 1. The number of urea groups is 1. The van der Waals surface area contributed by atoms with Crippen molar-refractivity contribution in [2.24, 2.45) is 0 Å². The molecule has 0 saturated carbocycles. The average Bonchev–Trinajstić information content (AvgIpc) is 2.95. The Balaban J connectivity index is 1.38. The van der Waals surface area contributed by atoms with Crippen LogP contribution in [0.15, 0.2) is 103 Å². The Morgan fingerprint density at radius 1 is 0.872 bits per heavy atom. The monoisotopic (exact) mass is 530 g/mol. The topological polar surface area (TPSA) is 41.6 Å². The van der Waals surface area contributed by atoms with E-state index in [0.29, 0.717) is 24.6 Å². The maximum absolute atomic E-state index is 13.7. The first-order valence-electron chi connectivity index (χ1n) is 13.0. The number of rotatable bonds is 7. The maximum atomic E-state index is 13.7. The van der Waals surface area contributed by atoms with Crippen LogP contribution in [0.25, 0.3) is 0 Å². The summed E-state index contributed by atoms with van der Waals surface area (Å²) >= 11 is 0. The molecule has 1 aliphatic carbocycles.